The lowest BCUT2D eigenvalue weighted by Crippen LogP contribution is -2.47. The maximum Gasteiger partial charge on any atom is 0.118 e. The first-order valence-electron chi connectivity index (χ1n) is 8.44. The van der Waals surface area contributed by atoms with E-state index in [1.807, 2.05) is 24.3 Å². The summed E-state index contributed by atoms with van der Waals surface area (Å²) in [4.78, 5) is 2.53. The molecule has 0 amide bonds. The number of hydrogen-bond acceptors (Lipinski definition) is 4. The van der Waals surface area contributed by atoms with Crippen molar-refractivity contribution >= 4 is 0 Å². The zero-order chi connectivity index (χ0) is 15.9. The van der Waals surface area contributed by atoms with Gasteiger partial charge in [-0.3, -0.25) is 0 Å². The first kappa shape index (κ1) is 17.3. The zero-order valence-corrected chi connectivity index (χ0v) is 14.1. The monoisotopic (exact) mass is 306 g/mol. The maximum absolute atomic E-state index is 10.5. The Morgan fingerprint density at radius 1 is 1.27 bits per heavy atom. The van der Waals surface area contributed by atoms with Crippen molar-refractivity contribution in [2.24, 2.45) is 0 Å². The predicted octanol–water partition coefficient (Wildman–Crippen LogP) is 2.58. The van der Waals surface area contributed by atoms with Crippen LogP contribution >= 0.6 is 0 Å². The van der Waals surface area contributed by atoms with E-state index in [9.17, 15) is 5.11 Å². The van der Waals surface area contributed by atoms with Crippen LogP contribution in [0.15, 0.2) is 24.3 Å². The largest absolute Gasteiger partial charge is 0.497 e. The molecule has 0 saturated carbocycles. The van der Waals surface area contributed by atoms with Crippen LogP contribution in [0.5, 0.6) is 5.75 Å². The van der Waals surface area contributed by atoms with E-state index in [0.717, 1.165) is 24.4 Å². The molecule has 1 heterocycles. The third-order valence-electron chi connectivity index (χ3n) is 4.56. The SMILES string of the molecule is CCCN1CCC(NC(C)C(O)c2ccc(OC)cc2)CC1. The second kappa shape index (κ2) is 8.51. The summed E-state index contributed by atoms with van der Waals surface area (Å²) in [6.45, 7) is 7.83. The Labute approximate surface area is 134 Å². The van der Waals surface area contributed by atoms with Crippen LogP contribution in [0.25, 0.3) is 0 Å². The van der Waals surface area contributed by atoms with Crippen LogP contribution in [0.4, 0.5) is 0 Å². The first-order chi connectivity index (χ1) is 10.6. The van der Waals surface area contributed by atoms with E-state index < -0.39 is 6.10 Å². The van der Waals surface area contributed by atoms with E-state index >= 15 is 0 Å². The summed E-state index contributed by atoms with van der Waals surface area (Å²) >= 11 is 0. The van der Waals surface area contributed by atoms with Crippen LogP contribution < -0.4 is 10.1 Å². The maximum atomic E-state index is 10.5. The molecule has 0 bridgehead atoms. The number of hydrogen-bond donors (Lipinski definition) is 2. The van der Waals surface area contributed by atoms with Gasteiger partial charge in [0.15, 0.2) is 0 Å². The molecule has 1 aliphatic rings. The van der Waals surface area contributed by atoms with Crippen LogP contribution in [0.3, 0.4) is 0 Å². The molecule has 0 aliphatic carbocycles. The number of nitrogens with one attached hydrogen (secondary N) is 1. The second-order valence-corrected chi connectivity index (χ2v) is 6.29. The highest BCUT2D eigenvalue weighted by Gasteiger charge is 2.23. The lowest BCUT2D eigenvalue weighted by molar-refractivity contribution is 0.115. The molecule has 2 atom stereocenters. The average molecular weight is 306 g/mol. The molecule has 1 fully saturated rings. The minimum Gasteiger partial charge on any atom is -0.497 e. The minimum atomic E-state index is -0.487. The Kier molecular flexibility index (Phi) is 6.68. The topological polar surface area (TPSA) is 44.7 Å². The number of aliphatic hydroxyl groups excluding tert-OH is 1. The van der Waals surface area contributed by atoms with Crippen LogP contribution in [0, 0.1) is 0 Å². The van der Waals surface area contributed by atoms with Crippen molar-refractivity contribution in [2.75, 3.05) is 26.7 Å². The van der Waals surface area contributed by atoms with Crippen molar-refractivity contribution in [3.05, 3.63) is 29.8 Å². The van der Waals surface area contributed by atoms with E-state index in [-0.39, 0.29) is 6.04 Å². The Morgan fingerprint density at radius 2 is 1.91 bits per heavy atom. The molecule has 4 heteroatoms. The molecule has 0 spiro atoms. The molecule has 0 aromatic heterocycles. The quantitative estimate of drug-likeness (QED) is 0.813. The summed E-state index contributed by atoms with van der Waals surface area (Å²) < 4.78 is 5.16. The third kappa shape index (κ3) is 4.70. The van der Waals surface area contributed by atoms with E-state index in [4.69, 9.17) is 4.74 Å². The van der Waals surface area contributed by atoms with Crippen molar-refractivity contribution in [1.29, 1.82) is 0 Å². The molecular weight excluding hydrogens is 276 g/mol. The highest BCUT2D eigenvalue weighted by molar-refractivity contribution is 5.29. The van der Waals surface area contributed by atoms with E-state index in [1.165, 1.54) is 25.8 Å². The van der Waals surface area contributed by atoms with Crippen molar-refractivity contribution in [1.82, 2.24) is 10.2 Å². The molecule has 124 valence electrons. The number of rotatable bonds is 7. The van der Waals surface area contributed by atoms with Gasteiger partial charge in [-0.1, -0.05) is 19.1 Å². The number of benzene rings is 1. The van der Waals surface area contributed by atoms with Crippen LogP contribution in [-0.2, 0) is 0 Å². The van der Waals surface area contributed by atoms with Crippen molar-refractivity contribution < 1.29 is 9.84 Å². The lowest BCUT2D eigenvalue weighted by Gasteiger charge is -2.34. The van der Waals surface area contributed by atoms with E-state index in [0.29, 0.717) is 6.04 Å². The summed E-state index contributed by atoms with van der Waals surface area (Å²) in [5, 5.41) is 14.1. The number of ether oxygens (including phenoxy) is 1. The van der Waals surface area contributed by atoms with Gasteiger partial charge in [0.05, 0.1) is 13.2 Å². The summed E-state index contributed by atoms with van der Waals surface area (Å²) in [5.74, 6) is 0.819. The third-order valence-corrected chi connectivity index (χ3v) is 4.56. The average Bonchev–Trinajstić information content (AvgIpc) is 2.56. The Balaban J connectivity index is 1.82. The fourth-order valence-corrected chi connectivity index (χ4v) is 3.19. The number of methoxy groups -OCH3 is 1. The van der Waals surface area contributed by atoms with Gasteiger partial charge in [-0.25, -0.2) is 0 Å². The highest BCUT2D eigenvalue weighted by atomic mass is 16.5. The Hall–Kier alpha value is -1.10. The Morgan fingerprint density at radius 3 is 2.45 bits per heavy atom. The van der Waals surface area contributed by atoms with Gasteiger partial charge in [-0.15, -0.1) is 0 Å². The van der Waals surface area contributed by atoms with Gasteiger partial charge in [0.25, 0.3) is 0 Å². The van der Waals surface area contributed by atoms with E-state index in [1.54, 1.807) is 7.11 Å². The Bertz CT molecular complexity index is 427. The molecule has 4 nitrogen and oxygen atoms in total. The smallest absolute Gasteiger partial charge is 0.118 e. The van der Waals surface area contributed by atoms with Gasteiger partial charge < -0.3 is 20.1 Å². The van der Waals surface area contributed by atoms with Gasteiger partial charge in [0.1, 0.15) is 5.75 Å². The van der Waals surface area contributed by atoms with Gasteiger partial charge in [0.2, 0.25) is 0 Å². The second-order valence-electron chi connectivity index (χ2n) is 6.29. The molecule has 1 aromatic rings. The molecule has 0 radical (unpaired) electrons. The standard InChI is InChI=1S/C18H30N2O2/c1-4-11-20-12-9-16(10-13-20)19-14(2)18(21)15-5-7-17(22-3)8-6-15/h5-8,14,16,18-19,21H,4,9-13H2,1-3H3. The van der Waals surface area contributed by atoms with E-state index in [2.05, 4.69) is 24.1 Å². The predicted molar refractivity (Wildman–Crippen MR) is 90.3 cm³/mol. The first-order valence-corrected chi connectivity index (χ1v) is 8.44. The van der Waals surface area contributed by atoms with Gasteiger partial charge >= 0.3 is 0 Å². The molecule has 2 rings (SSSR count). The number of nitrogens with zero attached hydrogens (tertiary/aromatic N) is 1. The fraction of sp³-hybridized carbons (Fsp3) is 0.667. The molecule has 2 N–H and O–H groups in total. The van der Waals surface area contributed by atoms with Crippen molar-refractivity contribution in [3.8, 4) is 5.75 Å². The number of piperidine rings is 1. The van der Waals surface area contributed by atoms with Crippen molar-refractivity contribution in [2.45, 2.75) is 51.3 Å². The zero-order valence-electron chi connectivity index (χ0n) is 14.1. The number of aliphatic hydroxyl groups is 1. The number of likely N-dealkylation sites (tertiary alicyclic amines) is 1. The van der Waals surface area contributed by atoms with Crippen molar-refractivity contribution in [3.63, 3.8) is 0 Å². The van der Waals surface area contributed by atoms with Gasteiger partial charge in [0, 0.05) is 12.1 Å². The molecule has 1 aromatic carbocycles. The molecule has 2 unspecified atom stereocenters. The summed E-state index contributed by atoms with van der Waals surface area (Å²) in [5.41, 5.74) is 0.934. The summed E-state index contributed by atoms with van der Waals surface area (Å²) in [7, 11) is 1.65. The summed E-state index contributed by atoms with van der Waals surface area (Å²) in [6, 6.07) is 8.23. The molecule has 1 saturated heterocycles. The highest BCUT2D eigenvalue weighted by Crippen LogP contribution is 2.21. The lowest BCUT2D eigenvalue weighted by atomic mass is 9.99. The normalized spacial score (nSPS) is 19.8. The molecule has 22 heavy (non-hydrogen) atoms. The van der Waals surface area contributed by atoms with Crippen LogP contribution in [-0.4, -0.2) is 48.8 Å². The minimum absolute atomic E-state index is 0.0520. The molecular formula is C18H30N2O2. The summed E-state index contributed by atoms with van der Waals surface area (Å²) in [6.07, 6.45) is 3.07. The molecule has 1 aliphatic heterocycles. The van der Waals surface area contributed by atoms with Gasteiger partial charge in [-0.05, 0) is 63.5 Å². The van der Waals surface area contributed by atoms with Crippen LogP contribution in [0.2, 0.25) is 0 Å². The van der Waals surface area contributed by atoms with Crippen LogP contribution in [0.1, 0.15) is 44.8 Å². The van der Waals surface area contributed by atoms with Gasteiger partial charge in [-0.2, -0.15) is 0 Å². The fourth-order valence-electron chi connectivity index (χ4n) is 3.19.